The van der Waals surface area contributed by atoms with Gasteiger partial charge in [0.2, 0.25) is 0 Å². The lowest BCUT2D eigenvalue weighted by Gasteiger charge is -2.63. The Morgan fingerprint density at radius 1 is 0.431 bits per heavy atom. The van der Waals surface area contributed by atoms with Crippen molar-refractivity contribution in [1.82, 2.24) is 15.0 Å². The van der Waals surface area contributed by atoms with Gasteiger partial charge in [-0.25, -0.2) is 15.0 Å². The summed E-state index contributed by atoms with van der Waals surface area (Å²) in [4.78, 5) is 15.9. The Morgan fingerprint density at radius 3 is 1.37 bits per heavy atom. The van der Waals surface area contributed by atoms with Crippen molar-refractivity contribution in [2.45, 2.75) is 87.6 Å². The molecule has 3 atom stereocenters. The highest BCUT2D eigenvalue weighted by Crippen LogP contribution is 2.67. The molecule has 256 valence electrons. The standard InChI is InChI=1S/C47H47N3O/c51-42-37-22-32-21-33(23-37)28-47(42,27-32)41-38(34-10-4-1-5-11-34)16-17-39(40(41)46-24-29-18-30(25-46)20-31(19-29)26-46)45-49-43(35-12-6-2-7-13-35)48-44(50-45)36-14-8-3-9-15-36/h1-17,29-33,37,42,51H,18-28H2. The number of aromatic nitrogens is 3. The van der Waals surface area contributed by atoms with Gasteiger partial charge in [-0.05, 0) is 134 Å². The van der Waals surface area contributed by atoms with Crippen LogP contribution >= 0.6 is 0 Å². The van der Waals surface area contributed by atoms with Crippen LogP contribution in [0.3, 0.4) is 0 Å². The average molecular weight is 670 g/mol. The first-order valence-electron chi connectivity index (χ1n) is 19.8. The number of rotatable bonds is 6. The highest BCUT2D eigenvalue weighted by Gasteiger charge is 2.61. The maximum atomic E-state index is 12.7. The molecule has 0 aliphatic heterocycles. The molecule has 1 heterocycles. The zero-order chi connectivity index (χ0) is 33.7. The van der Waals surface area contributed by atoms with Gasteiger partial charge >= 0.3 is 0 Å². The first kappa shape index (κ1) is 30.5. The zero-order valence-electron chi connectivity index (χ0n) is 29.4. The summed E-state index contributed by atoms with van der Waals surface area (Å²) < 4.78 is 0. The van der Waals surface area contributed by atoms with Gasteiger partial charge < -0.3 is 5.11 Å². The van der Waals surface area contributed by atoms with Gasteiger partial charge in [0, 0.05) is 22.1 Å². The second-order valence-electron chi connectivity index (χ2n) is 17.7. The number of hydrogen-bond acceptors (Lipinski definition) is 4. The van der Waals surface area contributed by atoms with Crippen molar-refractivity contribution < 1.29 is 5.11 Å². The van der Waals surface area contributed by atoms with E-state index >= 15 is 0 Å². The fourth-order valence-electron chi connectivity index (χ4n) is 13.4. The Kier molecular flexibility index (Phi) is 6.83. The third-order valence-corrected chi connectivity index (χ3v) is 14.6. The second kappa shape index (κ2) is 11.4. The maximum Gasteiger partial charge on any atom is 0.164 e. The molecule has 5 aromatic rings. The van der Waals surface area contributed by atoms with Crippen LogP contribution in [0.15, 0.2) is 103 Å². The average Bonchev–Trinajstić information content (AvgIpc) is 3.16. The molecule has 3 unspecified atom stereocenters. The number of hydrogen-bond donors (Lipinski definition) is 1. The van der Waals surface area contributed by atoms with Crippen molar-refractivity contribution in [2.24, 2.45) is 35.5 Å². The highest BCUT2D eigenvalue weighted by atomic mass is 16.3. The van der Waals surface area contributed by atoms with Crippen LogP contribution in [0.5, 0.6) is 0 Å². The lowest BCUT2D eigenvalue weighted by Crippen LogP contribution is -2.59. The van der Waals surface area contributed by atoms with Crippen molar-refractivity contribution in [3.05, 3.63) is 114 Å². The first-order chi connectivity index (χ1) is 25.0. The van der Waals surface area contributed by atoms with E-state index in [1.165, 1.54) is 85.6 Å². The Balaban J connectivity index is 1.23. The summed E-state index contributed by atoms with van der Waals surface area (Å²) in [5, 5.41) is 12.7. The summed E-state index contributed by atoms with van der Waals surface area (Å²) in [6.07, 6.45) is 13.6. The molecule has 8 aliphatic carbocycles. The highest BCUT2D eigenvalue weighted by molar-refractivity contribution is 5.80. The van der Waals surface area contributed by atoms with Crippen LogP contribution in [-0.2, 0) is 10.8 Å². The van der Waals surface area contributed by atoms with Crippen molar-refractivity contribution >= 4 is 0 Å². The number of nitrogens with zero attached hydrogens (tertiary/aromatic N) is 3. The predicted octanol–water partition coefficient (Wildman–Crippen LogP) is 10.4. The molecular formula is C47H47N3O. The van der Waals surface area contributed by atoms with E-state index in [2.05, 4.69) is 103 Å². The lowest BCUT2D eigenvalue weighted by molar-refractivity contribution is -0.114. The Labute approximate surface area is 301 Å². The molecule has 4 nitrogen and oxygen atoms in total. The molecule has 13 rings (SSSR count). The van der Waals surface area contributed by atoms with Crippen molar-refractivity contribution in [1.29, 1.82) is 0 Å². The van der Waals surface area contributed by atoms with E-state index in [0.717, 1.165) is 59.2 Å². The van der Waals surface area contributed by atoms with Crippen LogP contribution < -0.4 is 0 Å². The third-order valence-electron chi connectivity index (χ3n) is 14.6. The summed E-state index contributed by atoms with van der Waals surface area (Å²) >= 11 is 0. The van der Waals surface area contributed by atoms with E-state index in [9.17, 15) is 5.11 Å². The van der Waals surface area contributed by atoms with Gasteiger partial charge in [0.15, 0.2) is 17.5 Å². The van der Waals surface area contributed by atoms with E-state index in [0.29, 0.717) is 17.8 Å². The Morgan fingerprint density at radius 2 is 0.863 bits per heavy atom. The van der Waals surface area contributed by atoms with Gasteiger partial charge in [-0.15, -0.1) is 0 Å². The van der Waals surface area contributed by atoms with Crippen molar-refractivity contribution in [3.63, 3.8) is 0 Å². The van der Waals surface area contributed by atoms with E-state index in [1.807, 2.05) is 0 Å². The third kappa shape index (κ3) is 4.78. The smallest absolute Gasteiger partial charge is 0.164 e. The van der Waals surface area contributed by atoms with Crippen LogP contribution in [-0.4, -0.2) is 26.2 Å². The SMILES string of the molecule is OC1C2CC3CC(C2)CC1(c1c(-c2ccccc2)ccc(-c2nc(-c4ccccc4)nc(-c4ccccc4)n2)c1C12CC4CC(CC(C4)C1)C2)C3. The number of benzene rings is 4. The van der Waals surface area contributed by atoms with E-state index < -0.39 is 0 Å². The van der Waals surface area contributed by atoms with Crippen molar-refractivity contribution in [3.8, 4) is 45.3 Å². The summed E-state index contributed by atoms with van der Waals surface area (Å²) in [6, 6.07) is 36.8. The van der Waals surface area contributed by atoms with Gasteiger partial charge in [-0.3, -0.25) is 0 Å². The largest absolute Gasteiger partial charge is 0.392 e. The molecule has 4 aromatic carbocycles. The molecule has 51 heavy (non-hydrogen) atoms. The molecule has 1 aromatic heterocycles. The Bertz CT molecular complexity index is 2000. The maximum absolute atomic E-state index is 12.7. The first-order valence-corrected chi connectivity index (χ1v) is 19.8. The molecular weight excluding hydrogens is 623 g/mol. The van der Waals surface area contributed by atoms with Crippen LogP contribution in [0.1, 0.15) is 81.8 Å². The van der Waals surface area contributed by atoms with Crippen LogP contribution in [0.2, 0.25) is 0 Å². The predicted molar refractivity (Wildman–Crippen MR) is 203 cm³/mol. The van der Waals surface area contributed by atoms with Gasteiger partial charge in [-0.2, -0.15) is 0 Å². The fraction of sp³-hybridized carbons (Fsp3) is 0.426. The van der Waals surface area contributed by atoms with Crippen LogP contribution in [0, 0.1) is 35.5 Å². The molecule has 4 heteroatoms. The summed E-state index contributed by atoms with van der Waals surface area (Å²) in [6.45, 7) is 0. The van der Waals surface area contributed by atoms with Crippen LogP contribution in [0.25, 0.3) is 45.3 Å². The normalized spacial score (nSPS) is 34.3. The van der Waals surface area contributed by atoms with Gasteiger partial charge in [0.05, 0.1) is 6.10 Å². The lowest BCUT2D eigenvalue weighted by atomic mass is 9.42. The number of aliphatic hydroxyl groups is 1. The summed E-state index contributed by atoms with van der Waals surface area (Å²) in [7, 11) is 0. The second-order valence-corrected chi connectivity index (χ2v) is 17.7. The fourth-order valence-corrected chi connectivity index (χ4v) is 13.4. The monoisotopic (exact) mass is 669 g/mol. The van der Waals surface area contributed by atoms with E-state index in [4.69, 9.17) is 15.0 Å². The van der Waals surface area contributed by atoms with Gasteiger partial charge in [0.25, 0.3) is 0 Å². The molecule has 0 spiro atoms. The minimum absolute atomic E-state index is 0.0692. The zero-order valence-corrected chi connectivity index (χ0v) is 29.4. The number of aliphatic hydroxyl groups excluding tert-OH is 1. The minimum atomic E-state index is -0.311. The molecule has 8 bridgehead atoms. The quantitative estimate of drug-likeness (QED) is 0.195. The van der Waals surface area contributed by atoms with Crippen LogP contribution in [0.4, 0.5) is 0 Å². The van der Waals surface area contributed by atoms with Gasteiger partial charge in [0.1, 0.15) is 0 Å². The topological polar surface area (TPSA) is 58.9 Å². The molecule has 1 N–H and O–H groups in total. The van der Waals surface area contributed by atoms with E-state index in [1.54, 1.807) is 0 Å². The van der Waals surface area contributed by atoms with E-state index in [-0.39, 0.29) is 16.9 Å². The molecule has 0 amide bonds. The summed E-state index contributed by atoms with van der Waals surface area (Å²) in [5.41, 5.74) is 8.62. The molecule has 8 aliphatic rings. The molecule has 0 saturated heterocycles. The van der Waals surface area contributed by atoms with Gasteiger partial charge in [-0.1, -0.05) is 103 Å². The summed E-state index contributed by atoms with van der Waals surface area (Å²) in [5.74, 6) is 6.40. The Hall–Kier alpha value is -4.15. The molecule has 8 fully saturated rings. The molecule has 8 saturated carbocycles. The minimum Gasteiger partial charge on any atom is -0.392 e. The van der Waals surface area contributed by atoms with Crippen molar-refractivity contribution in [2.75, 3.05) is 0 Å². The molecule has 0 radical (unpaired) electrons.